The maximum atomic E-state index is 12.3. The average molecular weight is 366 g/mol. The van der Waals surface area contributed by atoms with Gasteiger partial charge in [0.2, 0.25) is 0 Å². The summed E-state index contributed by atoms with van der Waals surface area (Å²) in [6.45, 7) is 3.23. The highest BCUT2D eigenvalue weighted by Gasteiger charge is 2.25. The number of aliphatic imine (C=N–C) groups is 1. The molecule has 1 amide bonds. The number of carbonyl (C=O) groups is 1. The fourth-order valence-electron chi connectivity index (χ4n) is 2.75. The number of amidine groups is 1. The monoisotopic (exact) mass is 366 g/mol. The van der Waals surface area contributed by atoms with Crippen LogP contribution in [0.3, 0.4) is 0 Å². The van der Waals surface area contributed by atoms with Crippen molar-refractivity contribution < 1.29 is 14.3 Å². The number of benzene rings is 2. The first kappa shape index (κ1) is 16.7. The normalized spacial score (nSPS) is 19.5. The molecule has 2 aliphatic rings. The van der Waals surface area contributed by atoms with E-state index >= 15 is 0 Å². The molecule has 26 heavy (non-hydrogen) atoms. The van der Waals surface area contributed by atoms with Gasteiger partial charge in [-0.25, -0.2) is 4.99 Å². The lowest BCUT2D eigenvalue weighted by Gasteiger charge is -2.09. The molecule has 1 N–H and O–H groups in total. The highest BCUT2D eigenvalue weighted by Crippen LogP contribution is 2.37. The molecule has 2 aromatic rings. The Labute approximate surface area is 156 Å². The van der Waals surface area contributed by atoms with E-state index in [2.05, 4.69) is 10.3 Å². The summed E-state index contributed by atoms with van der Waals surface area (Å²) >= 11 is 1.33. The van der Waals surface area contributed by atoms with Gasteiger partial charge in [0.05, 0.1) is 23.8 Å². The number of fused-ring (bicyclic) bond motifs is 1. The third-order valence-corrected chi connectivity index (χ3v) is 4.99. The van der Waals surface area contributed by atoms with Gasteiger partial charge in [0.1, 0.15) is 0 Å². The Bertz CT molecular complexity index is 921. The van der Waals surface area contributed by atoms with Crippen LogP contribution in [-0.2, 0) is 4.79 Å². The summed E-state index contributed by atoms with van der Waals surface area (Å²) in [5.74, 6) is 1.25. The van der Waals surface area contributed by atoms with Gasteiger partial charge < -0.3 is 14.8 Å². The van der Waals surface area contributed by atoms with Gasteiger partial charge in [-0.2, -0.15) is 0 Å². The average Bonchev–Trinajstić information content (AvgIpc) is 2.83. The molecule has 0 unspecified atom stereocenters. The van der Waals surface area contributed by atoms with Crippen molar-refractivity contribution >= 4 is 34.6 Å². The molecule has 6 heteroatoms. The number of carbonyl (C=O) groups excluding carboxylic acids is 1. The van der Waals surface area contributed by atoms with Crippen LogP contribution in [0.5, 0.6) is 11.5 Å². The molecule has 4 rings (SSSR count). The molecule has 0 saturated carbocycles. The molecular formula is C20H18N2O3S. The summed E-state index contributed by atoms with van der Waals surface area (Å²) in [5, 5.41) is 3.40. The maximum absolute atomic E-state index is 12.3. The van der Waals surface area contributed by atoms with Gasteiger partial charge in [-0.05, 0) is 42.5 Å². The second kappa shape index (κ2) is 7.25. The topological polar surface area (TPSA) is 59.9 Å². The summed E-state index contributed by atoms with van der Waals surface area (Å²) in [5.41, 5.74) is 2.74. The number of rotatable bonds is 2. The lowest BCUT2D eigenvalue weighted by atomic mass is 10.1. The number of aryl methyl sites for hydroxylation is 1. The van der Waals surface area contributed by atoms with Gasteiger partial charge in [-0.1, -0.05) is 30.3 Å². The smallest absolute Gasteiger partial charge is 0.264 e. The minimum absolute atomic E-state index is 0.158. The second-order valence-electron chi connectivity index (χ2n) is 5.99. The number of nitrogens with one attached hydrogen (secondary N) is 1. The highest BCUT2D eigenvalue weighted by molar-refractivity contribution is 8.18. The first-order chi connectivity index (χ1) is 12.7. The lowest BCUT2D eigenvalue weighted by Crippen LogP contribution is -2.19. The third kappa shape index (κ3) is 3.46. The molecule has 0 spiro atoms. The van der Waals surface area contributed by atoms with Crippen LogP contribution in [0, 0.1) is 6.92 Å². The van der Waals surface area contributed by atoms with Crippen LogP contribution in [0.15, 0.2) is 52.4 Å². The molecule has 0 radical (unpaired) electrons. The molecule has 132 valence electrons. The van der Waals surface area contributed by atoms with Crippen LogP contribution in [0.1, 0.15) is 17.5 Å². The van der Waals surface area contributed by atoms with Crippen molar-refractivity contribution in [1.82, 2.24) is 5.32 Å². The number of nitrogens with zero attached hydrogens (tertiary/aromatic N) is 1. The maximum Gasteiger partial charge on any atom is 0.264 e. The van der Waals surface area contributed by atoms with Crippen molar-refractivity contribution in [3.63, 3.8) is 0 Å². The number of hydrogen-bond acceptors (Lipinski definition) is 5. The van der Waals surface area contributed by atoms with Crippen molar-refractivity contribution in [3.05, 3.63) is 58.5 Å². The molecule has 1 fully saturated rings. The van der Waals surface area contributed by atoms with Gasteiger partial charge in [0, 0.05) is 12.0 Å². The molecule has 0 bridgehead atoms. The van der Waals surface area contributed by atoms with Gasteiger partial charge >= 0.3 is 0 Å². The number of amides is 1. The minimum Gasteiger partial charge on any atom is -0.490 e. The van der Waals surface area contributed by atoms with Crippen LogP contribution < -0.4 is 14.8 Å². The Balaban J connectivity index is 1.63. The number of ether oxygens (including phenoxy) is 2. The van der Waals surface area contributed by atoms with Crippen molar-refractivity contribution in [2.24, 2.45) is 4.99 Å². The molecule has 0 atom stereocenters. The molecule has 5 nitrogen and oxygen atoms in total. The van der Waals surface area contributed by atoms with E-state index in [0.717, 1.165) is 23.2 Å². The zero-order valence-electron chi connectivity index (χ0n) is 14.3. The minimum atomic E-state index is -0.158. The van der Waals surface area contributed by atoms with Gasteiger partial charge in [-0.15, -0.1) is 0 Å². The van der Waals surface area contributed by atoms with Gasteiger partial charge in [-0.3, -0.25) is 4.79 Å². The van der Waals surface area contributed by atoms with Crippen molar-refractivity contribution in [2.75, 3.05) is 13.2 Å². The standard InChI is InChI=1S/C20H18N2O3S/c1-13-6-2-3-8-15(13)21-20-22-19(23)17(26-20)12-14-7-4-9-16-18(14)25-11-5-10-24-16/h2-4,6-9,12H,5,10-11H2,1H3,(H,21,22,23)/b17-12+. The summed E-state index contributed by atoms with van der Waals surface area (Å²) in [7, 11) is 0. The molecule has 0 aliphatic carbocycles. The van der Waals surface area contributed by atoms with Gasteiger partial charge in [0.15, 0.2) is 16.7 Å². The Morgan fingerprint density at radius 3 is 2.85 bits per heavy atom. The molecule has 1 saturated heterocycles. The van der Waals surface area contributed by atoms with Crippen LogP contribution in [0.25, 0.3) is 6.08 Å². The van der Waals surface area contributed by atoms with Crippen molar-refractivity contribution in [1.29, 1.82) is 0 Å². The van der Waals surface area contributed by atoms with E-state index in [-0.39, 0.29) is 5.91 Å². The lowest BCUT2D eigenvalue weighted by molar-refractivity contribution is -0.115. The third-order valence-electron chi connectivity index (χ3n) is 4.08. The van der Waals surface area contributed by atoms with Gasteiger partial charge in [0.25, 0.3) is 5.91 Å². The Morgan fingerprint density at radius 1 is 1.12 bits per heavy atom. The second-order valence-corrected chi connectivity index (χ2v) is 7.02. The SMILES string of the molecule is Cc1ccccc1N=C1NC(=O)/C(=C\c2cccc3c2OCCCO3)S1. The van der Waals surface area contributed by atoms with E-state index < -0.39 is 0 Å². The van der Waals surface area contributed by atoms with Crippen molar-refractivity contribution in [2.45, 2.75) is 13.3 Å². The van der Waals surface area contributed by atoms with E-state index in [4.69, 9.17) is 9.47 Å². The first-order valence-corrected chi connectivity index (χ1v) is 9.26. The van der Waals surface area contributed by atoms with E-state index in [1.54, 1.807) is 0 Å². The fourth-order valence-corrected chi connectivity index (χ4v) is 3.58. The zero-order chi connectivity index (χ0) is 17.9. The van der Waals surface area contributed by atoms with E-state index in [0.29, 0.717) is 34.8 Å². The summed E-state index contributed by atoms with van der Waals surface area (Å²) in [6, 6.07) is 13.5. The Hall–Kier alpha value is -2.73. The van der Waals surface area contributed by atoms with Crippen LogP contribution in [0.2, 0.25) is 0 Å². The van der Waals surface area contributed by atoms with E-state index in [1.165, 1.54) is 11.8 Å². The predicted octanol–water partition coefficient (Wildman–Crippen LogP) is 4.05. The fraction of sp³-hybridized carbons (Fsp3) is 0.200. The van der Waals surface area contributed by atoms with Crippen molar-refractivity contribution in [3.8, 4) is 11.5 Å². The first-order valence-electron chi connectivity index (χ1n) is 8.44. The molecule has 0 aromatic heterocycles. The zero-order valence-corrected chi connectivity index (χ0v) is 15.1. The largest absolute Gasteiger partial charge is 0.490 e. The number of para-hydroxylation sites is 2. The summed E-state index contributed by atoms with van der Waals surface area (Å²) < 4.78 is 11.5. The molecule has 2 aromatic carbocycles. The number of thioether (sulfide) groups is 1. The van der Waals surface area contributed by atoms with Crippen LogP contribution in [0.4, 0.5) is 5.69 Å². The molecular weight excluding hydrogens is 348 g/mol. The van der Waals surface area contributed by atoms with E-state index in [9.17, 15) is 4.79 Å². The number of hydrogen-bond donors (Lipinski definition) is 1. The summed E-state index contributed by atoms with van der Waals surface area (Å²) in [4.78, 5) is 17.5. The van der Waals surface area contributed by atoms with E-state index in [1.807, 2.05) is 55.5 Å². The van der Waals surface area contributed by atoms with Crippen LogP contribution >= 0.6 is 11.8 Å². The quantitative estimate of drug-likeness (QED) is 0.815. The molecule has 2 heterocycles. The predicted molar refractivity (Wildman–Crippen MR) is 104 cm³/mol. The highest BCUT2D eigenvalue weighted by atomic mass is 32.2. The van der Waals surface area contributed by atoms with Crippen LogP contribution in [-0.4, -0.2) is 24.3 Å². The molecule has 2 aliphatic heterocycles. The Kier molecular flexibility index (Phi) is 4.67. The Morgan fingerprint density at radius 2 is 1.96 bits per heavy atom. The summed E-state index contributed by atoms with van der Waals surface area (Å²) in [6.07, 6.45) is 2.67.